The van der Waals surface area contributed by atoms with Gasteiger partial charge in [-0.2, -0.15) is 5.10 Å². The predicted octanol–water partition coefficient (Wildman–Crippen LogP) is 3.22. The minimum absolute atomic E-state index is 0.00733. The number of hydrogen-bond donors (Lipinski definition) is 2. The first kappa shape index (κ1) is 23.3. The minimum atomic E-state index is -3.97. The summed E-state index contributed by atoms with van der Waals surface area (Å²) in [5.74, 6) is -0.403. The van der Waals surface area contributed by atoms with Crippen LogP contribution in [0.3, 0.4) is 0 Å². The summed E-state index contributed by atoms with van der Waals surface area (Å²) in [6, 6.07) is 17.8. The van der Waals surface area contributed by atoms with E-state index in [2.05, 4.69) is 15.1 Å². The van der Waals surface area contributed by atoms with E-state index in [4.69, 9.17) is 0 Å². The highest BCUT2D eigenvalue weighted by atomic mass is 32.2. The van der Waals surface area contributed by atoms with E-state index in [9.17, 15) is 23.3 Å². The summed E-state index contributed by atoms with van der Waals surface area (Å²) in [7, 11) is -3.97. The maximum absolute atomic E-state index is 12.9. The number of thiophene rings is 1. The first-order valence-electron chi connectivity index (χ1n) is 10.1. The Hall–Kier alpha value is -3.87. The second-order valence-electron chi connectivity index (χ2n) is 7.06. The smallest absolute Gasteiger partial charge is 0.270 e. The second kappa shape index (κ2) is 9.95. The van der Waals surface area contributed by atoms with Gasteiger partial charge < -0.3 is 5.32 Å². The molecule has 0 unspecified atom stereocenters. The van der Waals surface area contributed by atoms with Crippen LogP contribution in [-0.4, -0.2) is 42.1 Å². The molecule has 0 bridgehead atoms. The number of sulfonamides is 1. The quantitative estimate of drug-likeness (QED) is 0.207. The van der Waals surface area contributed by atoms with Crippen molar-refractivity contribution in [2.75, 3.05) is 13.1 Å². The number of hydrogen-bond acceptors (Lipinski definition) is 7. The zero-order valence-corrected chi connectivity index (χ0v) is 19.3. The van der Waals surface area contributed by atoms with Crippen LogP contribution in [0.25, 0.3) is 16.3 Å². The van der Waals surface area contributed by atoms with Crippen LogP contribution in [0.5, 0.6) is 0 Å². The molecule has 12 heteroatoms. The molecule has 2 aromatic carbocycles. The topological polar surface area (TPSA) is 136 Å². The predicted molar refractivity (Wildman–Crippen MR) is 127 cm³/mol. The van der Waals surface area contributed by atoms with Gasteiger partial charge in [0, 0.05) is 31.4 Å². The molecule has 10 nitrogen and oxygen atoms in total. The highest BCUT2D eigenvalue weighted by Crippen LogP contribution is 2.27. The number of non-ortho nitro benzene ring substituents is 1. The van der Waals surface area contributed by atoms with Crippen molar-refractivity contribution in [2.24, 2.45) is 0 Å². The van der Waals surface area contributed by atoms with Crippen LogP contribution < -0.4 is 10.0 Å². The number of para-hydroxylation sites is 1. The van der Waals surface area contributed by atoms with Crippen molar-refractivity contribution < 1.29 is 18.1 Å². The lowest BCUT2D eigenvalue weighted by atomic mass is 10.2. The van der Waals surface area contributed by atoms with Crippen molar-refractivity contribution >= 4 is 33.0 Å². The van der Waals surface area contributed by atoms with Crippen molar-refractivity contribution in [3.8, 4) is 16.3 Å². The van der Waals surface area contributed by atoms with Crippen LogP contribution in [-0.2, 0) is 10.0 Å². The number of nitrogens with one attached hydrogen (secondary N) is 2. The molecule has 0 fully saturated rings. The number of nitro groups is 1. The van der Waals surface area contributed by atoms with Crippen LogP contribution in [0.15, 0.2) is 83.2 Å². The van der Waals surface area contributed by atoms with E-state index in [-0.39, 0.29) is 23.7 Å². The van der Waals surface area contributed by atoms with Gasteiger partial charge in [-0.05, 0) is 29.6 Å². The maximum atomic E-state index is 12.9. The molecule has 0 aliphatic carbocycles. The summed E-state index contributed by atoms with van der Waals surface area (Å²) in [4.78, 5) is 23.7. The Bertz CT molecular complexity index is 1420. The molecule has 1 amide bonds. The average molecular weight is 498 g/mol. The van der Waals surface area contributed by atoms with Gasteiger partial charge in [0.1, 0.15) is 5.69 Å². The molecule has 34 heavy (non-hydrogen) atoms. The molecule has 174 valence electrons. The first-order chi connectivity index (χ1) is 16.3. The van der Waals surface area contributed by atoms with Crippen molar-refractivity contribution in [2.45, 2.75) is 4.90 Å². The Morgan fingerprint density at radius 1 is 1.06 bits per heavy atom. The Labute approximate surface area is 199 Å². The molecule has 2 heterocycles. The number of carbonyl (C=O) groups excluding carboxylic acids is 1. The fourth-order valence-electron chi connectivity index (χ4n) is 3.15. The van der Waals surface area contributed by atoms with Gasteiger partial charge in [0.2, 0.25) is 10.0 Å². The highest BCUT2D eigenvalue weighted by Gasteiger charge is 2.20. The zero-order chi connectivity index (χ0) is 24.1. The third-order valence-electron chi connectivity index (χ3n) is 4.78. The standard InChI is InChI=1S/C22H19N5O5S2/c28-22(23-11-12-24-34(31,32)18-9-4-8-17(14-18)27(29)30)19-15-26(16-6-2-1-3-7-16)25-21(19)20-10-5-13-33-20/h1-10,13-15,24H,11-12H2,(H,23,28). The molecular weight excluding hydrogens is 478 g/mol. The first-order valence-corrected chi connectivity index (χ1v) is 12.4. The van der Waals surface area contributed by atoms with Gasteiger partial charge in [-0.1, -0.05) is 30.3 Å². The summed E-state index contributed by atoms with van der Waals surface area (Å²) >= 11 is 1.45. The van der Waals surface area contributed by atoms with E-state index in [1.807, 2.05) is 47.8 Å². The zero-order valence-electron chi connectivity index (χ0n) is 17.6. The van der Waals surface area contributed by atoms with Crippen molar-refractivity contribution in [3.05, 3.63) is 94.0 Å². The number of carbonyl (C=O) groups is 1. The summed E-state index contributed by atoms with van der Waals surface area (Å²) in [5.41, 5.74) is 1.35. The second-order valence-corrected chi connectivity index (χ2v) is 9.77. The van der Waals surface area contributed by atoms with Gasteiger partial charge in [-0.3, -0.25) is 14.9 Å². The Morgan fingerprint density at radius 3 is 2.56 bits per heavy atom. The lowest BCUT2D eigenvalue weighted by Gasteiger charge is -2.08. The normalized spacial score (nSPS) is 11.3. The molecular formula is C22H19N5O5S2. The Balaban J connectivity index is 1.44. The molecule has 0 atom stereocenters. The van der Waals surface area contributed by atoms with Crippen LogP contribution >= 0.6 is 11.3 Å². The van der Waals surface area contributed by atoms with Gasteiger partial charge in [-0.25, -0.2) is 17.8 Å². The number of nitro benzene ring substituents is 1. The molecule has 0 aliphatic rings. The largest absolute Gasteiger partial charge is 0.351 e. The van der Waals surface area contributed by atoms with Crippen LogP contribution in [0.4, 0.5) is 5.69 Å². The molecule has 0 saturated heterocycles. The SMILES string of the molecule is O=C(NCCNS(=O)(=O)c1cccc([N+](=O)[O-])c1)c1cn(-c2ccccc2)nc1-c1cccs1. The Kier molecular flexibility index (Phi) is 6.82. The molecule has 2 aromatic heterocycles. The van der Waals surface area contributed by atoms with Crippen molar-refractivity contribution in [3.63, 3.8) is 0 Å². The summed E-state index contributed by atoms with van der Waals surface area (Å²) in [5, 5.41) is 20.1. The highest BCUT2D eigenvalue weighted by molar-refractivity contribution is 7.89. The number of aromatic nitrogens is 2. The van der Waals surface area contributed by atoms with Crippen molar-refractivity contribution in [1.29, 1.82) is 0 Å². The summed E-state index contributed by atoms with van der Waals surface area (Å²) in [6.45, 7) is -0.0920. The molecule has 4 aromatic rings. The van der Waals surface area contributed by atoms with E-state index >= 15 is 0 Å². The number of amides is 1. The van der Waals surface area contributed by atoms with Crippen LogP contribution in [0.1, 0.15) is 10.4 Å². The van der Waals surface area contributed by atoms with E-state index in [1.54, 1.807) is 10.9 Å². The number of nitrogens with zero attached hydrogens (tertiary/aromatic N) is 3. The van der Waals surface area contributed by atoms with Gasteiger partial charge in [-0.15, -0.1) is 11.3 Å². The van der Waals surface area contributed by atoms with Gasteiger partial charge >= 0.3 is 0 Å². The maximum Gasteiger partial charge on any atom is 0.270 e. The third-order valence-corrected chi connectivity index (χ3v) is 7.11. The van der Waals surface area contributed by atoms with E-state index < -0.39 is 20.9 Å². The molecule has 0 saturated carbocycles. The average Bonchev–Trinajstić information content (AvgIpc) is 3.52. The molecule has 0 aliphatic heterocycles. The van der Waals surface area contributed by atoms with Gasteiger partial charge in [0.25, 0.3) is 11.6 Å². The van der Waals surface area contributed by atoms with Crippen molar-refractivity contribution in [1.82, 2.24) is 19.8 Å². The fraction of sp³-hybridized carbons (Fsp3) is 0.0909. The van der Waals surface area contributed by atoms with Crippen LogP contribution in [0, 0.1) is 10.1 Å². The Morgan fingerprint density at radius 2 is 1.85 bits per heavy atom. The number of benzene rings is 2. The van der Waals surface area contributed by atoms with E-state index in [0.717, 1.165) is 16.6 Å². The lowest BCUT2D eigenvalue weighted by molar-refractivity contribution is -0.385. The van der Waals surface area contributed by atoms with Gasteiger partial charge in [0.05, 0.1) is 25.9 Å². The van der Waals surface area contributed by atoms with Gasteiger partial charge in [0.15, 0.2) is 0 Å². The van der Waals surface area contributed by atoms with E-state index in [1.165, 1.54) is 29.5 Å². The third kappa shape index (κ3) is 5.20. The summed E-state index contributed by atoms with van der Waals surface area (Å²) < 4.78 is 28.8. The molecule has 0 spiro atoms. The fourth-order valence-corrected chi connectivity index (χ4v) is 4.95. The molecule has 4 rings (SSSR count). The molecule has 0 radical (unpaired) electrons. The van der Waals surface area contributed by atoms with E-state index in [0.29, 0.717) is 11.3 Å². The number of rotatable bonds is 9. The monoisotopic (exact) mass is 497 g/mol. The summed E-state index contributed by atoms with van der Waals surface area (Å²) in [6.07, 6.45) is 1.63. The lowest BCUT2D eigenvalue weighted by Crippen LogP contribution is -2.34. The van der Waals surface area contributed by atoms with Crippen LogP contribution in [0.2, 0.25) is 0 Å². The molecule has 2 N–H and O–H groups in total. The minimum Gasteiger partial charge on any atom is -0.351 e.